The maximum Gasteiger partial charge on any atom is 0.347 e. The van der Waals surface area contributed by atoms with Crippen molar-refractivity contribution in [3.05, 3.63) is 59.2 Å². The number of benzene rings is 2. The summed E-state index contributed by atoms with van der Waals surface area (Å²) in [6, 6.07) is 11.9. The van der Waals surface area contributed by atoms with Gasteiger partial charge >= 0.3 is 5.97 Å². The molecule has 4 nitrogen and oxygen atoms in total. The molecular formula is C16H14O4. The van der Waals surface area contributed by atoms with E-state index >= 15 is 0 Å². The van der Waals surface area contributed by atoms with E-state index in [2.05, 4.69) is 0 Å². The Hall–Kier alpha value is -2.62. The number of aldehydes is 1. The van der Waals surface area contributed by atoms with Crippen molar-refractivity contribution in [3.63, 3.8) is 0 Å². The third-order valence-electron chi connectivity index (χ3n) is 2.84. The summed E-state index contributed by atoms with van der Waals surface area (Å²) in [7, 11) is 1.45. The van der Waals surface area contributed by atoms with Gasteiger partial charge in [-0.25, -0.2) is 4.79 Å². The van der Waals surface area contributed by atoms with Crippen LogP contribution in [0.3, 0.4) is 0 Å². The molecule has 4 heteroatoms. The van der Waals surface area contributed by atoms with Gasteiger partial charge in [-0.05, 0) is 36.8 Å². The van der Waals surface area contributed by atoms with Gasteiger partial charge in [0.2, 0.25) is 0 Å². The average molecular weight is 270 g/mol. The first kappa shape index (κ1) is 13.8. The zero-order valence-corrected chi connectivity index (χ0v) is 11.3. The van der Waals surface area contributed by atoms with Gasteiger partial charge in [-0.1, -0.05) is 18.2 Å². The van der Waals surface area contributed by atoms with Gasteiger partial charge in [0, 0.05) is 5.56 Å². The SMILES string of the molecule is COc1cc(C=O)cc(C)c1C(=O)Oc1ccccc1. The van der Waals surface area contributed by atoms with E-state index < -0.39 is 5.97 Å². The molecule has 0 saturated carbocycles. The first-order valence-corrected chi connectivity index (χ1v) is 6.06. The van der Waals surface area contributed by atoms with Gasteiger partial charge in [-0.2, -0.15) is 0 Å². The van der Waals surface area contributed by atoms with E-state index in [0.717, 1.165) is 0 Å². The Morgan fingerprint density at radius 2 is 1.85 bits per heavy atom. The molecule has 0 aliphatic rings. The van der Waals surface area contributed by atoms with Crippen molar-refractivity contribution < 1.29 is 19.1 Å². The van der Waals surface area contributed by atoms with Crippen molar-refractivity contribution in [2.75, 3.05) is 7.11 Å². The Balaban J connectivity index is 2.36. The molecule has 0 amide bonds. The summed E-state index contributed by atoms with van der Waals surface area (Å²) in [5.74, 6) is 0.273. The fourth-order valence-electron chi connectivity index (χ4n) is 1.92. The molecule has 0 bridgehead atoms. The van der Waals surface area contributed by atoms with Crippen LogP contribution >= 0.6 is 0 Å². The monoisotopic (exact) mass is 270 g/mol. The van der Waals surface area contributed by atoms with E-state index in [4.69, 9.17) is 9.47 Å². The lowest BCUT2D eigenvalue weighted by atomic mass is 10.0. The van der Waals surface area contributed by atoms with Gasteiger partial charge in [-0.15, -0.1) is 0 Å². The molecule has 0 atom stereocenters. The maximum atomic E-state index is 12.2. The number of para-hydroxylation sites is 1. The van der Waals surface area contributed by atoms with Gasteiger partial charge in [0.1, 0.15) is 23.3 Å². The van der Waals surface area contributed by atoms with Crippen LogP contribution in [0.1, 0.15) is 26.3 Å². The molecular weight excluding hydrogens is 256 g/mol. The highest BCUT2D eigenvalue weighted by atomic mass is 16.5. The quantitative estimate of drug-likeness (QED) is 0.487. The molecule has 0 heterocycles. The number of rotatable bonds is 4. The third-order valence-corrected chi connectivity index (χ3v) is 2.84. The number of hydrogen-bond donors (Lipinski definition) is 0. The highest BCUT2D eigenvalue weighted by Gasteiger charge is 2.18. The molecule has 2 aromatic carbocycles. The van der Waals surface area contributed by atoms with E-state index in [9.17, 15) is 9.59 Å². The summed E-state index contributed by atoms with van der Waals surface area (Å²) in [6.07, 6.45) is 0.710. The van der Waals surface area contributed by atoms with Crippen LogP contribution < -0.4 is 9.47 Å². The van der Waals surface area contributed by atoms with Crippen molar-refractivity contribution in [2.24, 2.45) is 0 Å². The summed E-state index contributed by atoms with van der Waals surface area (Å²) >= 11 is 0. The second-order valence-electron chi connectivity index (χ2n) is 4.24. The Labute approximate surface area is 116 Å². The number of methoxy groups -OCH3 is 1. The molecule has 2 rings (SSSR count). The second kappa shape index (κ2) is 6.02. The average Bonchev–Trinajstić information content (AvgIpc) is 2.47. The van der Waals surface area contributed by atoms with Crippen LogP contribution in [0.25, 0.3) is 0 Å². The van der Waals surface area contributed by atoms with Crippen molar-refractivity contribution in [3.8, 4) is 11.5 Å². The predicted molar refractivity (Wildman–Crippen MR) is 74.5 cm³/mol. The normalized spacial score (nSPS) is 9.90. The van der Waals surface area contributed by atoms with Crippen LogP contribution in [0.5, 0.6) is 11.5 Å². The van der Waals surface area contributed by atoms with Crippen LogP contribution in [0.2, 0.25) is 0 Å². The van der Waals surface area contributed by atoms with Crippen molar-refractivity contribution in [2.45, 2.75) is 6.92 Å². The molecule has 0 fully saturated rings. The molecule has 0 aliphatic carbocycles. The van der Waals surface area contributed by atoms with Crippen LogP contribution in [0.4, 0.5) is 0 Å². The molecule has 0 unspecified atom stereocenters. The minimum absolute atomic E-state index is 0.321. The summed E-state index contributed by atoms with van der Waals surface area (Å²) in [5.41, 5.74) is 1.41. The molecule has 0 aromatic heterocycles. The number of carbonyl (C=O) groups is 2. The van der Waals surface area contributed by atoms with Crippen molar-refractivity contribution in [1.29, 1.82) is 0 Å². The molecule has 0 spiro atoms. The molecule has 0 saturated heterocycles. The second-order valence-corrected chi connectivity index (χ2v) is 4.24. The van der Waals surface area contributed by atoms with Crippen molar-refractivity contribution in [1.82, 2.24) is 0 Å². The summed E-state index contributed by atoms with van der Waals surface area (Å²) < 4.78 is 10.5. The molecule has 0 radical (unpaired) electrons. The fraction of sp³-hybridized carbons (Fsp3) is 0.125. The molecule has 2 aromatic rings. The lowest BCUT2D eigenvalue weighted by Gasteiger charge is -2.12. The van der Waals surface area contributed by atoms with Gasteiger partial charge in [0.15, 0.2) is 0 Å². The first-order valence-electron chi connectivity index (χ1n) is 6.06. The zero-order valence-electron chi connectivity index (χ0n) is 11.3. The lowest BCUT2D eigenvalue weighted by molar-refractivity contribution is 0.0730. The number of ether oxygens (including phenoxy) is 2. The van der Waals surface area contributed by atoms with Crippen LogP contribution in [0.15, 0.2) is 42.5 Å². The smallest absolute Gasteiger partial charge is 0.347 e. The minimum atomic E-state index is -0.511. The highest BCUT2D eigenvalue weighted by molar-refractivity contribution is 5.96. The Bertz CT molecular complexity index is 632. The highest BCUT2D eigenvalue weighted by Crippen LogP contribution is 2.25. The lowest BCUT2D eigenvalue weighted by Crippen LogP contribution is -2.12. The van der Waals surface area contributed by atoms with E-state index in [1.54, 1.807) is 37.3 Å². The van der Waals surface area contributed by atoms with Gasteiger partial charge < -0.3 is 9.47 Å². The van der Waals surface area contributed by atoms with Gasteiger partial charge in [0.05, 0.1) is 7.11 Å². The van der Waals surface area contributed by atoms with Crippen LogP contribution in [-0.4, -0.2) is 19.4 Å². The fourth-order valence-corrected chi connectivity index (χ4v) is 1.92. The Kier molecular flexibility index (Phi) is 4.15. The number of aryl methyl sites for hydroxylation is 1. The van der Waals surface area contributed by atoms with E-state index in [1.807, 2.05) is 6.07 Å². The number of esters is 1. The number of hydrogen-bond acceptors (Lipinski definition) is 4. The van der Waals surface area contributed by atoms with E-state index in [0.29, 0.717) is 34.5 Å². The summed E-state index contributed by atoms with van der Waals surface area (Å²) in [6.45, 7) is 1.73. The summed E-state index contributed by atoms with van der Waals surface area (Å²) in [5, 5.41) is 0. The molecule has 0 N–H and O–H groups in total. The third kappa shape index (κ3) is 2.85. The minimum Gasteiger partial charge on any atom is -0.496 e. The van der Waals surface area contributed by atoms with E-state index in [-0.39, 0.29) is 0 Å². The summed E-state index contributed by atoms with van der Waals surface area (Å²) in [4.78, 5) is 23.1. The van der Waals surface area contributed by atoms with Crippen LogP contribution in [-0.2, 0) is 0 Å². The first-order chi connectivity index (χ1) is 9.65. The Morgan fingerprint density at radius 3 is 2.45 bits per heavy atom. The van der Waals surface area contributed by atoms with Gasteiger partial charge in [-0.3, -0.25) is 4.79 Å². The molecule has 20 heavy (non-hydrogen) atoms. The van der Waals surface area contributed by atoms with Crippen molar-refractivity contribution >= 4 is 12.3 Å². The standard InChI is InChI=1S/C16H14O4/c1-11-8-12(10-17)9-14(19-2)15(11)16(18)20-13-6-4-3-5-7-13/h3-10H,1-2H3. The Morgan fingerprint density at radius 1 is 1.15 bits per heavy atom. The van der Waals surface area contributed by atoms with Crippen LogP contribution in [0, 0.1) is 6.92 Å². The maximum absolute atomic E-state index is 12.2. The predicted octanol–water partition coefficient (Wildman–Crippen LogP) is 3.04. The molecule has 102 valence electrons. The molecule has 0 aliphatic heterocycles. The number of carbonyl (C=O) groups excluding carboxylic acids is 2. The zero-order chi connectivity index (χ0) is 14.5. The topological polar surface area (TPSA) is 52.6 Å². The van der Waals surface area contributed by atoms with E-state index in [1.165, 1.54) is 13.2 Å². The largest absolute Gasteiger partial charge is 0.496 e. The van der Waals surface area contributed by atoms with Gasteiger partial charge in [0.25, 0.3) is 0 Å².